The number of nitriles is 1. The number of pyridine rings is 2. The van der Waals surface area contributed by atoms with Gasteiger partial charge in [-0.15, -0.1) is 0 Å². The molecular weight excluding hydrogens is 810 g/mol. The molecule has 0 amide bonds. The van der Waals surface area contributed by atoms with Crippen molar-refractivity contribution in [2.24, 2.45) is 0 Å². The standard InChI is InChI=1S/C46H50FN7O3S2Si/c1-7-53(45-51-43(42(27-48)58-45)33-19-18-31(2)49-28-33)41-26-40(32-20-21-32)50-44-38(41)24-34(25-39(44)47)52-22-23-54(59(6,55)56)35(29-52)30-57-60(46(3,4)5,36-14-10-8-11-15-36)37-16-12-9-13-17-37/h8-19,24-26,28,32,35H,7,20-23,29-30H2,1-6H3/t35-/m0/s1. The molecule has 8 rings (SSSR count). The summed E-state index contributed by atoms with van der Waals surface area (Å²) >= 11 is 1.30. The Morgan fingerprint density at radius 2 is 1.67 bits per heavy atom. The van der Waals surface area contributed by atoms with Crippen molar-refractivity contribution in [3.8, 4) is 17.3 Å². The van der Waals surface area contributed by atoms with E-state index in [2.05, 4.69) is 67.1 Å². The van der Waals surface area contributed by atoms with E-state index >= 15 is 4.39 Å². The van der Waals surface area contributed by atoms with Crippen LogP contribution in [0.5, 0.6) is 0 Å². The number of aryl methyl sites for hydroxylation is 1. The summed E-state index contributed by atoms with van der Waals surface area (Å²) in [4.78, 5) is 18.9. The first-order valence-corrected chi connectivity index (χ1v) is 25.0. The molecule has 4 heterocycles. The summed E-state index contributed by atoms with van der Waals surface area (Å²) in [5.74, 6) is -0.192. The average molecular weight is 860 g/mol. The zero-order valence-electron chi connectivity index (χ0n) is 34.9. The molecular formula is C46H50FN7O3S2Si. The van der Waals surface area contributed by atoms with Gasteiger partial charge in [-0.3, -0.25) is 4.98 Å². The Labute approximate surface area is 357 Å². The summed E-state index contributed by atoms with van der Waals surface area (Å²) in [5, 5.41) is 13.3. The minimum Gasteiger partial charge on any atom is -0.406 e. The Hall–Kier alpha value is -5.04. The van der Waals surface area contributed by atoms with Crippen LogP contribution in [0.4, 0.5) is 20.9 Å². The summed E-state index contributed by atoms with van der Waals surface area (Å²) < 4.78 is 52.4. The van der Waals surface area contributed by atoms with Gasteiger partial charge in [-0.05, 0) is 72.4 Å². The second-order valence-electron chi connectivity index (χ2n) is 16.8. The minimum atomic E-state index is -3.62. The van der Waals surface area contributed by atoms with Gasteiger partial charge in [-0.1, -0.05) is 92.8 Å². The topological polar surface area (TPSA) is 116 Å². The molecule has 310 valence electrons. The van der Waals surface area contributed by atoms with Gasteiger partial charge in [-0.2, -0.15) is 9.57 Å². The molecule has 1 saturated carbocycles. The van der Waals surface area contributed by atoms with Gasteiger partial charge in [0.2, 0.25) is 10.0 Å². The maximum absolute atomic E-state index is 16.7. The van der Waals surface area contributed by atoms with Gasteiger partial charge in [0.25, 0.3) is 8.32 Å². The monoisotopic (exact) mass is 859 g/mol. The van der Waals surface area contributed by atoms with Gasteiger partial charge < -0.3 is 14.2 Å². The number of hydrogen-bond acceptors (Lipinski definition) is 10. The van der Waals surface area contributed by atoms with Gasteiger partial charge >= 0.3 is 0 Å². The molecule has 2 aliphatic rings. The lowest BCUT2D eigenvalue weighted by Crippen LogP contribution is -2.68. The lowest BCUT2D eigenvalue weighted by Gasteiger charge is -2.46. The fourth-order valence-electron chi connectivity index (χ4n) is 8.61. The van der Waals surface area contributed by atoms with E-state index in [-0.39, 0.29) is 29.6 Å². The molecule has 3 aromatic carbocycles. The fourth-order valence-corrected chi connectivity index (χ4v) is 15.3. The molecule has 0 N–H and O–H groups in total. The third-order valence-corrected chi connectivity index (χ3v) is 19.0. The maximum atomic E-state index is 16.7. The molecule has 0 spiro atoms. The van der Waals surface area contributed by atoms with Crippen molar-refractivity contribution in [3.63, 3.8) is 0 Å². The minimum absolute atomic E-state index is 0.151. The van der Waals surface area contributed by atoms with E-state index < -0.39 is 30.2 Å². The van der Waals surface area contributed by atoms with Crippen molar-refractivity contribution in [2.45, 2.75) is 64.5 Å². The molecule has 0 radical (unpaired) electrons. The van der Waals surface area contributed by atoms with Gasteiger partial charge in [-0.25, -0.2) is 22.8 Å². The predicted molar refractivity (Wildman–Crippen MR) is 242 cm³/mol. The van der Waals surface area contributed by atoms with Crippen LogP contribution in [0.25, 0.3) is 22.2 Å². The summed E-state index contributed by atoms with van der Waals surface area (Å²) in [6.07, 6.45) is 4.97. The van der Waals surface area contributed by atoms with Gasteiger partial charge in [0, 0.05) is 66.3 Å². The molecule has 1 atom stereocenters. The maximum Gasteiger partial charge on any atom is 0.261 e. The number of fused-ring (bicyclic) bond motifs is 1. The van der Waals surface area contributed by atoms with Crippen LogP contribution in [0.15, 0.2) is 97.2 Å². The van der Waals surface area contributed by atoms with Crippen LogP contribution >= 0.6 is 11.3 Å². The fraction of sp³-hybridized carbons (Fsp3) is 0.348. The highest BCUT2D eigenvalue weighted by atomic mass is 32.2. The second kappa shape index (κ2) is 16.4. The number of benzene rings is 3. The third kappa shape index (κ3) is 7.97. The van der Waals surface area contributed by atoms with Gasteiger partial charge in [0.15, 0.2) is 10.9 Å². The molecule has 1 aliphatic heterocycles. The van der Waals surface area contributed by atoms with Crippen molar-refractivity contribution < 1.29 is 17.2 Å². The molecule has 3 aromatic heterocycles. The molecule has 0 unspecified atom stereocenters. The zero-order chi connectivity index (χ0) is 42.4. The Morgan fingerprint density at radius 3 is 2.23 bits per heavy atom. The van der Waals surface area contributed by atoms with Crippen LogP contribution in [0.3, 0.4) is 0 Å². The largest absolute Gasteiger partial charge is 0.406 e. The molecule has 0 bridgehead atoms. The lowest BCUT2D eigenvalue weighted by molar-refractivity contribution is 0.183. The molecule has 14 heteroatoms. The van der Waals surface area contributed by atoms with Crippen LogP contribution in [0, 0.1) is 24.1 Å². The van der Waals surface area contributed by atoms with Crippen molar-refractivity contribution in [1.29, 1.82) is 5.26 Å². The highest BCUT2D eigenvalue weighted by molar-refractivity contribution is 7.88. The van der Waals surface area contributed by atoms with Crippen LogP contribution in [-0.2, 0) is 14.4 Å². The number of thiazole rings is 1. The molecule has 1 aliphatic carbocycles. The van der Waals surface area contributed by atoms with E-state index in [1.54, 1.807) is 10.5 Å². The van der Waals surface area contributed by atoms with Crippen LogP contribution in [-0.4, -0.2) is 81.1 Å². The van der Waals surface area contributed by atoms with E-state index in [4.69, 9.17) is 14.4 Å². The van der Waals surface area contributed by atoms with Crippen molar-refractivity contribution in [3.05, 3.63) is 119 Å². The summed E-state index contributed by atoms with van der Waals surface area (Å²) in [7, 11) is -6.63. The highest BCUT2D eigenvalue weighted by Crippen LogP contribution is 2.45. The quantitative estimate of drug-likeness (QED) is 0.113. The summed E-state index contributed by atoms with van der Waals surface area (Å²) in [6, 6.07) is 31.8. The first kappa shape index (κ1) is 41.7. The Morgan fingerprint density at radius 1 is 0.983 bits per heavy atom. The summed E-state index contributed by atoms with van der Waals surface area (Å²) in [6.45, 7) is 12.1. The van der Waals surface area contributed by atoms with E-state index in [9.17, 15) is 13.7 Å². The average Bonchev–Trinajstić information content (AvgIpc) is 4.00. The number of halogens is 1. The van der Waals surface area contributed by atoms with Gasteiger partial charge in [0.05, 0.1) is 24.6 Å². The number of aromatic nitrogens is 3. The highest BCUT2D eigenvalue weighted by Gasteiger charge is 2.51. The van der Waals surface area contributed by atoms with E-state index in [0.29, 0.717) is 46.4 Å². The smallest absolute Gasteiger partial charge is 0.261 e. The first-order valence-electron chi connectivity index (χ1n) is 20.4. The molecule has 10 nitrogen and oxygen atoms in total. The van der Waals surface area contributed by atoms with Crippen molar-refractivity contribution in [1.82, 2.24) is 19.3 Å². The lowest BCUT2D eigenvalue weighted by atomic mass is 10.1. The number of sulfonamides is 1. The zero-order valence-corrected chi connectivity index (χ0v) is 37.5. The normalized spacial score (nSPS) is 16.6. The molecule has 6 aromatic rings. The van der Waals surface area contributed by atoms with Crippen LogP contribution in [0.2, 0.25) is 5.04 Å². The van der Waals surface area contributed by atoms with E-state index in [0.717, 1.165) is 45.9 Å². The molecule has 1 saturated heterocycles. The second-order valence-corrected chi connectivity index (χ2v) is 24.0. The first-order chi connectivity index (χ1) is 28.7. The Kier molecular flexibility index (Phi) is 11.4. The number of anilines is 3. The van der Waals surface area contributed by atoms with Crippen molar-refractivity contribution in [2.75, 3.05) is 48.8 Å². The van der Waals surface area contributed by atoms with Crippen LogP contribution in [0.1, 0.15) is 62.7 Å². The summed E-state index contributed by atoms with van der Waals surface area (Å²) in [5.41, 5.74) is 4.69. The number of hydrogen-bond donors (Lipinski definition) is 0. The predicted octanol–water partition coefficient (Wildman–Crippen LogP) is 8.13. The van der Waals surface area contributed by atoms with Crippen molar-refractivity contribution >= 4 is 67.5 Å². The number of rotatable bonds is 12. The van der Waals surface area contributed by atoms with E-state index in [1.807, 2.05) is 73.3 Å². The van der Waals surface area contributed by atoms with Crippen LogP contribution < -0.4 is 20.2 Å². The third-order valence-electron chi connectivity index (χ3n) is 11.7. The van der Waals surface area contributed by atoms with E-state index in [1.165, 1.54) is 23.7 Å². The SMILES string of the molecule is CCN(c1nc(-c2ccc(C)nc2)c(C#N)s1)c1cc(C2CC2)nc2c(F)cc(N3CCN(S(C)(=O)=O)[C@H](CO[Si](c4ccccc4)(c4ccccc4)C(C)(C)C)C3)cc12. The Bertz CT molecular complexity index is 2630. The number of nitrogens with zero attached hydrogens (tertiary/aromatic N) is 7. The molecule has 2 fully saturated rings. The number of piperazine rings is 1. The van der Waals surface area contributed by atoms with Gasteiger partial charge in [0.1, 0.15) is 22.2 Å². The molecule has 60 heavy (non-hydrogen) atoms. The Balaban J connectivity index is 1.19.